The predicted octanol–water partition coefficient (Wildman–Crippen LogP) is 14.3. The first kappa shape index (κ1) is 36.5. The monoisotopic (exact) mass is 782 g/mol. The van der Waals surface area contributed by atoms with E-state index in [2.05, 4.69) is 80.6 Å². The van der Waals surface area contributed by atoms with Gasteiger partial charge in [-0.3, -0.25) is 0 Å². The lowest BCUT2D eigenvalue weighted by atomic mass is 9.94. The van der Waals surface area contributed by atoms with E-state index in [1.165, 1.54) is 12.1 Å². The normalized spacial score (nSPS) is 11.7. The Bertz CT molecular complexity index is 3300. The summed E-state index contributed by atoms with van der Waals surface area (Å²) in [5, 5.41) is 24.9. The highest BCUT2D eigenvalue weighted by Crippen LogP contribution is 2.44. The third kappa shape index (κ3) is 5.74. The summed E-state index contributed by atoms with van der Waals surface area (Å²) in [7, 11) is 0. The fourth-order valence-electron chi connectivity index (χ4n) is 8.92. The van der Waals surface area contributed by atoms with Gasteiger partial charge < -0.3 is 9.13 Å². The molecule has 286 valence electrons. The molecule has 0 N–H and O–H groups in total. The highest BCUT2D eigenvalue weighted by Gasteiger charge is 2.35. The van der Waals surface area contributed by atoms with E-state index >= 15 is 13.2 Å². The van der Waals surface area contributed by atoms with Crippen molar-refractivity contribution in [1.29, 1.82) is 10.5 Å². The van der Waals surface area contributed by atoms with Crippen LogP contribution >= 0.6 is 0 Å². The Morgan fingerprint density at radius 1 is 0.433 bits per heavy atom. The quantitative estimate of drug-likeness (QED) is 0.175. The van der Waals surface area contributed by atoms with Crippen LogP contribution in [0.15, 0.2) is 164 Å². The predicted molar refractivity (Wildman–Crippen MR) is 235 cm³/mol. The molecule has 0 bridgehead atoms. The van der Waals surface area contributed by atoms with Crippen molar-refractivity contribution in [1.82, 2.24) is 9.13 Å². The fourth-order valence-corrected chi connectivity index (χ4v) is 8.92. The minimum Gasteiger partial charge on any atom is -0.308 e. The first-order valence-corrected chi connectivity index (χ1v) is 19.5. The molecule has 60 heavy (non-hydrogen) atoms. The van der Waals surface area contributed by atoms with Gasteiger partial charge in [-0.1, -0.05) is 115 Å². The Morgan fingerprint density at radius 3 is 1.37 bits per heavy atom. The molecule has 0 unspecified atom stereocenters. The van der Waals surface area contributed by atoms with E-state index in [1.807, 2.05) is 88.0 Å². The number of benzene rings is 8. The lowest BCUT2D eigenvalue weighted by Gasteiger charge is -2.20. The summed E-state index contributed by atoms with van der Waals surface area (Å²) in [5.41, 5.74) is 9.69. The third-order valence-corrected chi connectivity index (χ3v) is 11.7. The van der Waals surface area contributed by atoms with Gasteiger partial charge in [0.05, 0.1) is 50.6 Å². The Labute approximate surface area is 343 Å². The number of aromatic nitrogens is 2. The Kier molecular flexibility index (Phi) is 8.45. The number of rotatable bonds is 5. The maximum absolute atomic E-state index is 15.1. The Hall–Kier alpha value is -7.87. The standard InChI is InChI=1S/C53H33F3N4/c1-32-11-3-5-13-38(32)35-20-23-43-41-15-7-9-17-47(41)59(49(43)26-35)51-28-37(40-22-19-34(30-57)25-46(40)53(54,55)56)29-52(45(51)31-58)60-48-18-10-8-16-42(48)44-24-21-36(27-50(44)60)39-14-6-4-12-33(39)2/h3-29H,1-2H3. The molecule has 0 amide bonds. The summed E-state index contributed by atoms with van der Waals surface area (Å²) >= 11 is 0. The zero-order chi connectivity index (χ0) is 41.3. The van der Waals surface area contributed by atoms with E-state index in [1.54, 1.807) is 12.1 Å². The molecule has 10 aromatic rings. The minimum absolute atomic E-state index is 0.0996. The van der Waals surface area contributed by atoms with Gasteiger partial charge in [0.1, 0.15) is 11.6 Å². The highest BCUT2D eigenvalue weighted by molar-refractivity contribution is 6.12. The van der Waals surface area contributed by atoms with Crippen molar-refractivity contribution < 1.29 is 13.2 Å². The Morgan fingerprint density at radius 2 is 0.900 bits per heavy atom. The molecular formula is C53H33F3N4. The fraction of sp³-hybridized carbons (Fsp3) is 0.0566. The first-order chi connectivity index (χ1) is 29.1. The largest absolute Gasteiger partial charge is 0.417 e. The molecule has 0 aliphatic heterocycles. The van der Waals surface area contributed by atoms with Crippen LogP contribution in [0.2, 0.25) is 0 Å². The molecule has 0 saturated carbocycles. The molecule has 7 heteroatoms. The average molecular weight is 783 g/mol. The van der Waals surface area contributed by atoms with Crippen molar-refractivity contribution in [3.63, 3.8) is 0 Å². The van der Waals surface area contributed by atoms with E-state index in [0.29, 0.717) is 11.4 Å². The number of hydrogen-bond donors (Lipinski definition) is 0. The number of fused-ring (bicyclic) bond motifs is 6. The van der Waals surface area contributed by atoms with Crippen LogP contribution in [0.3, 0.4) is 0 Å². The van der Waals surface area contributed by atoms with E-state index in [4.69, 9.17) is 0 Å². The lowest BCUT2D eigenvalue weighted by Crippen LogP contribution is -2.09. The molecule has 0 atom stereocenters. The van der Waals surface area contributed by atoms with E-state index < -0.39 is 11.7 Å². The van der Waals surface area contributed by atoms with Crippen molar-refractivity contribution >= 4 is 43.6 Å². The van der Waals surface area contributed by atoms with Crippen LogP contribution in [0.4, 0.5) is 13.2 Å². The zero-order valence-electron chi connectivity index (χ0n) is 32.5. The molecule has 0 aliphatic carbocycles. The topological polar surface area (TPSA) is 57.4 Å². The number of aryl methyl sites for hydroxylation is 2. The molecule has 10 rings (SSSR count). The molecule has 8 aromatic carbocycles. The number of para-hydroxylation sites is 2. The molecule has 0 aliphatic rings. The molecule has 4 nitrogen and oxygen atoms in total. The Balaban J connectivity index is 1.37. The van der Waals surface area contributed by atoms with Crippen molar-refractivity contribution in [2.24, 2.45) is 0 Å². The lowest BCUT2D eigenvalue weighted by molar-refractivity contribution is -0.137. The van der Waals surface area contributed by atoms with Crippen LogP contribution in [-0.4, -0.2) is 9.13 Å². The van der Waals surface area contributed by atoms with Crippen molar-refractivity contribution in [2.75, 3.05) is 0 Å². The minimum atomic E-state index is -4.78. The van der Waals surface area contributed by atoms with Crippen LogP contribution in [0.1, 0.15) is 27.8 Å². The van der Waals surface area contributed by atoms with Crippen molar-refractivity contribution in [2.45, 2.75) is 20.0 Å². The van der Waals surface area contributed by atoms with Gasteiger partial charge in [0, 0.05) is 21.5 Å². The van der Waals surface area contributed by atoms with Gasteiger partial charge in [-0.2, -0.15) is 23.7 Å². The SMILES string of the molecule is Cc1ccccc1-c1ccc2c3ccccc3n(-c3cc(-c4ccc(C#N)cc4C(F)(F)F)cc(-n4c5ccccc5c5ccc(-c6ccccc6C)cc54)c3C#N)c2c1. The second-order valence-electron chi connectivity index (χ2n) is 15.2. The molecule has 0 radical (unpaired) electrons. The molecule has 0 spiro atoms. The third-order valence-electron chi connectivity index (χ3n) is 11.7. The number of halogens is 3. The molecule has 0 fully saturated rings. The van der Waals surface area contributed by atoms with E-state index in [9.17, 15) is 10.5 Å². The summed E-state index contributed by atoms with van der Waals surface area (Å²) in [5.74, 6) is 0. The summed E-state index contributed by atoms with van der Waals surface area (Å²) in [4.78, 5) is 0. The maximum atomic E-state index is 15.1. The van der Waals surface area contributed by atoms with Gasteiger partial charge >= 0.3 is 6.18 Å². The highest BCUT2D eigenvalue weighted by atomic mass is 19.4. The van der Waals surface area contributed by atoms with Crippen LogP contribution in [0.5, 0.6) is 0 Å². The van der Waals surface area contributed by atoms with Gasteiger partial charge in [-0.15, -0.1) is 0 Å². The molecular weight excluding hydrogens is 750 g/mol. The summed E-state index contributed by atoms with van der Waals surface area (Å²) < 4.78 is 49.3. The first-order valence-electron chi connectivity index (χ1n) is 19.5. The van der Waals surface area contributed by atoms with Gasteiger partial charge in [-0.25, -0.2) is 0 Å². The maximum Gasteiger partial charge on any atom is 0.417 e. The van der Waals surface area contributed by atoms with Crippen LogP contribution in [0, 0.1) is 36.5 Å². The van der Waals surface area contributed by atoms with Crippen molar-refractivity contribution in [3.05, 3.63) is 192 Å². The summed E-state index contributed by atoms with van der Waals surface area (Å²) in [6.07, 6.45) is -4.78. The van der Waals surface area contributed by atoms with Gasteiger partial charge in [0.15, 0.2) is 0 Å². The number of alkyl halides is 3. The van der Waals surface area contributed by atoms with Gasteiger partial charge in [0.25, 0.3) is 0 Å². The number of hydrogen-bond acceptors (Lipinski definition) is 2. The molecule has 0 saturated heterocycles. The van der Waals surface area contributed by atoms with E-state index in [-0.39, 0.29) is 22.3 Å². The second kappa shape index (κ2) is 13.9. The second-order valence-corrected chi connectivity index (χ2v) is 15.2. The van der Waals surface area contributed by atoms with Crippen LogP contribution < -0.4 is 0 Å². The van der Waals surface area contributed by atoms with Crippen LogP contribution in [0.25, 0.3) is 88.4 Å². The van der Waals surface area contributed by atoms with Gasteiger partial charge in [-0.05, 0) is 107 Å². The smallest absolute Gasteiger partial charge is 0.308 e. The average Bonchev–Trinajstić information content (AvgIpc) is 3.77. The summed E-state index contributed by atoms with van der Waals surface area (Å²) in [6.45, 7) is 4.12. The number of nitrogens with zero attached hydrogens (tertiary/aromatic N) is 4. The van der Waals surface area contributed by atoms with E-state index in [0.717, 1.165) is 83.1 Å². The summed E-state index contributed by atoms with van der Waals surface area (Å²) in [6, 6.07) is 56.1. The molecule has 2 aromatic heterocycles. The van der Waals surface area contributed by atoms with Crippen LogP contribution in [-0.2, 0) is 6.18 Å². The van der Waals surface area contributed by atoms with Crippen molar-refractivity contribution in [3.8, 4) is 56.9 Å². The zero-order valence-corrected chi connectivity index (χ0v) is 32.5. The number of nitriles is 2. The molecule has 2 heterocycles. The van der Waals surface area contributed by atoms with Gasteiger partial charge in [0.2, 0.25) is 0 Å².